The number of aromatic nitrogens is 4. The Kier molecular flexibility index (Phi) is 6.58. The molecule has 8 heteroatoms. The van der Waals surface area contributed by atoms with Crippen LogP contribution >= 0.6 is 23.5 Å². The molecule has 0 bridgehead atoms. The van der Waals surface area contributed by atoms with Crippen molar-refractivity contribution in [1.29, 1.82) is 0 Å². The molecule has 0 saturated carbocycles. The normalized spacial score (nSPS) is 11.1. The zero-order valence-corrected chi connectivity index (χ0v) is 19.3. The number of thioether (sulfide) groups is 2. The van der Waals surface area contributed by atoms with Crippen molar-refractivity contribution in [2.75, 3.05) is 17.3 Å². The van der Waals surface area contributed by atoms with Crippen LogP contribution in [0.15, 0.2) is 64.6 Å². The predicted octanol–water partition coefficient (Wildman–Crippen LogP) is 4.78. The van der Waals surface area contributed by atoms with Crippen LogP contribution in [0.2, 0.25) is 0 Å². The second-order valence-electron chi connectivity index (χ2n) is 7.10. The van der Waals surface area contributed by atoms with Gasteiger partial charge in [-0.15, -0.1) is 16.9 Å². The Morgan fingerprint density at radius 3 is 2.65 bits per heavy atom. The third kappa shape index (κ3) is 5.08. The summed E-state index contributed by atoms with van der Waals surface area (Å²) in [5, 5.41) is 8.05. The minimum atomic E-state index is -0.0901. The molecular formula is C23H23N5OS2. The first-order chi connectivity index (χ1) is 15.0. The van der Waals surface area contributed by atoms with Gasteiger partial charge in [-0.25, -0.2) is 9.50 Å². The van der Waals surface area contributed by atoms with Gasteiger partial charge in [-0.05, 0) is 49.4 Å². The third-order valence-electron chi connectivity index (χ3n) is 4.94. The van der Waals surface area contributed by atoms with Gasteiger partial charge in [0, 0.05) is 28.4 Å². The highest BCUT2D eigenvalue weighted by molar-refractivity contribution is 7.99. The predicted molar refractivity (Wildman–Crippen MR) is 127 cm³/mol. The van der Waals surface area contributed by atoms with Crippen molar-refractivity contribution in [3.8, 4) is 0 Å². The number of carbonyl (C=O) groups excluding carboxylic acids is 1. The van der Waals surface area contributed by atoms with E-state index in [4.69, 9.17) is 0 Å². The van der Waals surface area contributed by atoms with Crippen LogP contribution < -0.4 is 5.32 Å². The molecule has 1 amide bonds. The number of hydrogen-bond donors (Lipinski definition) is 1. The van der Waals surface area contributed by atoms with E-state index in [1.807, 2.05) is 62.6 Å². The first-order valence-corrected chi connectivity index (χ1v) is 12.1. The Morgan fingerprint density at radius 1 is 1.06 bits per heavy atom. The van der Waals surface area contributed by atoms with Crippen LogP contribution in [0.25, 0.3) is 5.78 Å². The van der Waals surface area contributed by atoms with E-state index in [0.29, 0.717) is 10.9 Å². The molecule has 0 atom stereocenters. The lowest BCUT2D eigenvalue weighted by Gasteiger charge is -2.10. The highest BCUT2D eigenvalue weighted by atomic mass is 32.2. The van der Waals surface area contributed by atoms with E-state index in [0.717, 1.165) is 34.0 Å². The molecule has 0 unspecified atom stereocenters. The molecule has 0 aliphatic carbocycles. The van der Waals surface area contributed by atoms with E-state index in [1.54, 1.807) is 16.3 Å². The molecule has 0 radical (unpaired) electrons. The van der Waals surface area contributed by atoms with E-state index < -0.39 is 0 Å². The Labute approximate surface area is 189 Å². The SMILES string of the molecule is CSc1cccc(NC(=O)CSc2nc3nc(C)c(Cc4ccccc4)c(C)n3n2)c1. The van der Waals surface area contributed by atoms with E-state index in [-0.39, 0.29) is 11.7 Å². The fraction of sp³-hybridized carbons (Fsp3) is 0.217. The summed E-state index contributed by atoms with van der Waals surface area (Å²) >= 11 is 2.95. The van der Waals surface area contributed by atoms with Crippen LogP contribution in [0.4, 0.5) is 5.69 Å². The van der Waals surface area contributed by atoms with Gasteiger partial charge in [0.15, 0.2) is 0 Å². The Bertz CT molecular complexity index is 1220. The van der Waals surface area contributed by atoms with Crippen molar-refractivity contribution < 1.29 is 4.79 Å². The molecular weight excluding hydrogens is 426 g/mol. The van der Waals surface area contributed by atoms with Gasteiger partial charge in [0.2, 0.25) is 11.1 Å². The number of amides is 1. The molecule has 2 heterocycles. The summed E-state index contributed by atoms with van der Waals surface area (Å²) in [4.78, 5) is 22.6. The van der Waals surface area contributed by atoms with Crippen molar-refractivity contribution in [2.24, 2.45) is 0 Å². The number of nitrogens with one attached hydrogen (secondary N) is 1. The first-order valence-electron chi connectivity index (χ1n) is 9.87. The summed E-state index contributed by atoms with van der Waals surface area (Å²) in [6, 6.07) is 18.1. The van der Waals surface area contributed by atoms with Gasteiger partial charge in [0.1, 0.15) is 0 Å². The van der Waals surface area contributed by atoms with Crippen LogP contribution in [0.3, 0.4) is 0 Å². The van der Waals surface area contributed by atoms with Gasteiger partial charge in [-0.2, -0.15) is 4.98 Å². The third-order valence-corrected chi connectivity index (χ3v) is 6.50. The average molecular weight is 450 g/mol. The second-order valence-corrected chi connectivity index (χ2v) is 8.92. The van der Waals surface area contributed by atoms with E-state index >= 15 is 0 Å². The van der Waals surface area contributed by atoms with Gasteiger partial charge in [-0.1, -0.05) is 48.2 Å². The van der Waals surface area contributed by atoms with Crippen molar-refractivity contribution in [2.45, 2.75) is 30.3 Å². The van der Waals surface area contributed by atoms with Crippen molar-refractivity contribution >= 4 is 40.9 Å². The van der Waals surface area contributed by atoms with E-state index in [2.05, 4.69) is 32.5 Å². The molecule has 4 aromatic rings. The lowest BCUT2D eigenvalue weighted by Crippen LogP contribution is -2.14. The number of benzene rings is 2. The summed E-state index contributed by atoms with van der Waals surface area (Å²) in [6.07, 6.45) is 2.80. The van der Waals surface area contributed by atoms with E-state index in [9.17, 15) is 4.79 Å². The molecule has 2 aromatic carbocycles. The number of fused-ring (bicyclic) bond motifs is 1. The summed E-state index contributed by atoms with van der Waals surface area (Å²) in [6.45, 7) is 4.04. The van der Waals surface area contributed by atoms with Crippen LogP contribution in [0.1, 0.15) is 22.5 Å². The largest absolute Gasteiger partial charge is 0.325 e. The molecule has 1 N–H and O–H groups in total. The van der Waals surface area contributed by atoms with Gasteiger partial charge in [0.05, 0.1) is 5.75 Å². The van der Waals surface area contributed by atoms with Crippen LogP contribution in [0, 0.1) is 13.8 Å². The van der Waals surface area contributed by atoms with Gasteiger partial charge in [0.25, 0.3) is 5.78 Å². The molecule has 4 rings (SSSR count). The van der Waals surface area contributed by atoms with Crippen molar-refractivity contribution in [3.63, 3.8) is 0 Å². The smallest absolute Gasteiger partial charge is 0.253 e. The minimum absolute atomic E-state index is 0.0901. The Morgan fingerprint density at radius 2 is 1.87 bits per heavy atom. The monoisotopic (exact) mass is 449 g/mol. The minimum Gasteiger partial charge on any atom is -0.325 e. The lowest BCUT2D eigenvalue weighted by atomic mass is 10.0. The lowest BCUT2D eigenvalue weighted by molar-refractivity contribution is -0.113. The van der Waals surface area contributed by atoms with Crippen LogP contribution in [0.5, 0.6) is 0 Å². The molecule has 0 aliphatic heterocycles. The molecule has 0 spiro atoms. The number of anilines is 1. The summed E-state index contributed by atoms with van der Waals surface area (Å²) in [5.74, 6) is 0.699. The molecule has 2 aromatic heterocycles. The van der Waals surface area contributed by atoms with Crippen LogP contribution in [-0.2, 0) is 11.2 Å². The zero-order valence-electron chi connectivity index (χ0n) is 17.6. The van der Waals surface area contributed by atoms with Crippen molar-refractivity contribution in [1.82, 2.24) is 19.6 Å². The molecule has 6 nitrogen and oxygen atoms in total. The second kappa shape index (κ2) is 9.53. The maximum atomic E-state index is 12.4. The quantitative estimate of drug-likeness (QED) is 0.409. The van der Waals surface area contributed by atoms with Gasteiger partial charge >= 0.3 is 0 Å². The molecule has 0 fully saturated rings. The topological polar surface area (TPSA) is 72.2 Å². The van der Waals surface area contributed by atoms with Gasteiger partial charge < -0.3 is 5.32 Å². The highest BCUT2D eigenvalue weighted by Crippen LogP contribution is 2.22. The summed E-state index contributed by atoms with van der Waals surface area (Å²) in [5.41, 5.74) is 5.13. The van der Waals surface area contributed by atoms with Crippen molar-refractivity contribution in [3.05, 3.63) is 77.1 Å². The summed E-state index contributed by atoms with van der Waals surface area (Å²) < 4.78 is 1.77. The number of aryl methyl sites for hydroxylation is 2. The number of carbonyl (C=O) groups is 1. The number of nitrogens with zero attached hydrogens (tertiary/aromatic N) is 4. The average Bonchev–Trinajstić information content (AvgIpc) is 3.19. The van der Waals surface area contributed by atoms with Crippen LogP contribution in [-0.4, -0.2) is 37.5 Å². The van der Waals surface area contributed by atoms with Gasteiger partial charge in [-0.3, -0.25) is 4.79 Å². The molecule has 0 aliphatic rings. The Hall–Kier alpha value is -2.84. The maximum Gasteiger partial charge on any atom is 0.253 e. The first kappa shape index (κ1) is 21.4. The molecule has 158 valence electrons. The fourth-order valence-electron chi connectivity index (χ4n) is 3.33. The molecule has 31 heavy (non-hydrogen) atoms. The standard InChI is InChI=1S/C23H23N5OS2/c1-15-20(12-17-8-5-4-6-9-17)16(2)28-22(24-15)26-23(27-28)31-14-21(29)25-18-10-7-11-19(13-18)30-3/h4-11,13H,12,14H2,1-3H3,(H,25,29). The maximum absolute atomic E-state index is 12.4. The number of hydrogen-bond acceptors (Lipinski definition) is 6. The highest BCUT2D eigenvalue weighted by Gasteiger charge is 2.15. The zero-order chi connectivity index (χ0) is 21.8. The summed E-state index contributed by atoms with van der Waals surface area (Å²) in [7, 11) is 0. The number of rotatable bonds is 7. The fourth-order valence-corrected chi connectivity index (χ4v) is 4.41. The Balaban J connectivity index is 1.47. The molecule has 0 saturated heterocycles. The van der Waals surface area contributed by atoms with E-state index in [1.165, 1.54) is 17.3 Å².